The number of amides is 3. The van der Waals surface area contributed by atoms with Gasteiger partial charge in [-0.3, -0.25) is 23.9 Å². The molecule has 2 unspecified atom stereocenters. The molecule has 1 aromatic carbocycles. The molecule has 330 valence electrons. The van der Waals surface area contributed by atoms with Crippen LogP contribution in [0, 0.1) is 44.5 Å². The summed E-state index contributed by atoms with van der Waals surface area (Å²) >= 11 is 0. The summed E-state index contributed by atoms with van der Waals surface area (Å²) < 4.78 is 27.7. The highest BCUT2D eigenvalue weighted by atomic mass is 32.2. The second-order valence-electron chi connectivity index (χ2n) is 12.1. The van der Waals surface area contributed by atoms with Gasteiger partial charge in [-0.2, -0.15) is 9.97 Å². The number of nitrogens with one attached hydrogen (secondary N) is 4. The van der Waals surface area contributed by atoms with Gasteiger partial charge in [0.2, 0.25) is 24.7 Å². The van der Waals surface area contributed by atoms with E-state index in [4.69, 9.17) is 14.2 Å². The first-order valence-corrected chi connectivity index (χ1v) is 20.1. The number of terminal acetylenes is 3. The van der Waals surface area contributed by atoms with E-state index in [0.717, 1.165) is 62.6 Å². The van der Waals surface area contributed by atoms with Gasteiger partial charge in [0.25, 0.3) is 5.56 Å². The fourth-order valence-electron chi connectivity index (χ4n) is 4.40. The monoisotopic (exact) mass is 852 g/mol. The van der Waals surface area contributed by atoms with E-state index in [-0.39, 0.29) is 40.8 Å². The van der Waals surface area contributed by atoms with Crippen LogP contribution in [0.4, 0.5) is 5.95 Å². The summed E-state index contributed by atoms with van der Waals surface area (Å²) in [7, 11) is 3.54. The zero-order valence-electron chi connectivity index (χ0n) is 36.2. The zero-order valence-corrected chi connectivity index (χ0v) is 37.0. The molecule has 3 aliphatic rings. The van der Waals surface area contributed by atoms with Gasteiger partial charge in [0.05, 0.1) is 26.6 Å². The normalized spacial score (nSPS) is 14.7. The Kier molecular flexibility index (Phi) is 34.5. The van der Waals surface area contributed by atoms with Gasteiger partial charge in [-0.05, 0) is 81.0 Å². The van der Waals surface area contributed by atoms with Crippen LogP contribution in [0.15, 0.2) is 48.4 Å². The summed E-state index contributed by atoms with van der Waals surface area (Å²) in [5.41, 5.74) is -0.0693. The lowest BCUT2D eigenvalue weighted by Crippen LogP contribution is -2.43. The van der Waals surface area contributed by atoms with Crippen LogP contribution in [-0.4, -0.2) is 99.0 Å². The fraction of sp³-hybridized carbons (Fsp3) is 0.465. The van der Waals surface area contributed by atoms with E-state index >= 15 is 0 Å². The van der Waals surface area contributed by atoms with Crippen molar-refractivity contribution in [3.05, 3.63) is 54.0 Å². The van der Waals surface area contributed by atoms with Gasteiger partial charge in [0.15, 0.2) is 0 Å². The van der Waals surface area contributed by atoms with Crippen molar-refractivity contribution in [1.82, 2.24) is 34.9 Å². The van der Waals surface area contributed by atoms with E-state index in [1.165, 1.54) is 14.2 Å². The van der Waals surface area contributed by atoms with Gasteiger partial charge in [-0.15, -0.1) is 56.7 Å². The molecule has 0 bridgehead atoms. The largest absolute Gasteiger partial charge is 0.497 e. The Morgan fingerprint density at radius 2 is 1.47 bits per heavy atom. The highest BCUT2D eigenvalue weighted by Crippen LogP contribution is 2.24. The average molecular weight is 853 g/mol. The maximum absolute atomic E-state index is 11.6. The highest BCUT2D eigenvalue weighted by Gasteiger charge is 2.33. The number of anilines is 1. The van der Waals surface area contributed by atoms with E-state index in [9.17, 15) is 23.4 Å². The summed E-state index contributed by atoms with van der Waals surface area (Å²) in [6.07, 6.45) is 32.8. The Morgan fingerprint density at radius 3 is 1.92 bits per heavy atom. The summed E-state index contributed by atoms with van der Waals surface area (Å²) in [5.74, 6) is 1.74. The molecule has 2 saturated carbocycles. The van der Waals surface area contributed by atoms with Crippen molar-refractivity contribution in [2.24, 2.45) is 5.92 Å². The SMILES string of the molecule is C#C.C#C.C#C.C=C.CC.COc1ccc2c(=O)[nH]ccc2c1.COc1nc(NC(C)C(C)C)nc(OC)n1.O=CN1CCC[C@H]1C(=O)NC1CC1.O=CNS(=O)C1CC1. The Morgan fingerprint density at radius 1 is 0.900 bits per heavy atom. The molecule has 2 aliphatic carbocycles. The average Bonchev–Trinajstić information content (AvgIpc) is 4.26. The smallest absolute Gasteiger partial charge is 0.324 e. The summed E-state index contributed by atoms with van der Waals surface area (Å²) in [6.45, 7) is 17.0. The van der Waals surface area contributed by atoms with Crippen molar-refractivity contribution >= 4 is 46.4 Å². The van der Waals surface area contributed by atoms with Gasteiger partial charge >= 0.3 is 12.0 Å². The third kappa shape index (κ3) is 23.1. The zero-order chi connectivity index (χ0) is 46.6. The molecule has 1 saturated heterocycles. The number of aromatic amines is 1. The quantitative estimate of drug-likeness (QED) is 0.109. The number of benzene rings is 1. The van der Waals surface area contributed by atoms with Crippen LogP contribution in [0.2, 0.25) is 0 Å². The topological polar surface area (TPSA) is 207 Å². The number of likely N-dealkylation sites (tertiary alicyclic amines) is 1. The molecule has 60 heavy (non-hydrogen) atoms. The Bertz CT molecular complexity index is 1760. The van der Waals surface area contributed by atoms with Gasteiger partial charge < -0.3 is 34.7 Å². The van der Waals surface area contributed by atoms with E-state index in [1.54, 1.807) is 30.3 Å². The number of H-pyrrole nitrogens is 1. The summed E-state index contributed by atoms with van der Waals surface area (Å²) in [5, 5.41) is 7.91. The third-order valence-corrected chi connectivity index (χ3v) is 9.35. The first-order valence-electron chi connectivity index (χ1n) is 18.9. The first-order chi connectivity index (χ1) is 29.0. The van der Waals surface area contributed by atoms with Crippen LogP contribution in [0.25, 0.3) is 10.8 Å². The first kappa shape index (κ1) is 57.9. The summed E-state index contributed by atoms with van der Waals surface area (Å²) in [4.78, 5) is 59.3. The molecule has 17 heteroatoms. The standard InChI is InChI=1S/C10H18N4O2.C10H9NO2.C9H14N2O2.C4H7NO2S.C2H6.C2H4.3C2H2/c1-6(2)7(3)11-8-12-9(15-4)14-10(13-8)16-5;1-13-8-2-3-9-7(6-8)4-5-11-10(9)12;12-6-11-5-1-2-8(11)9(13)10-7-3-4-7;6-3-5-8(7)4-1-2-4;5*1-2/h6-7H,1-5H3,(H,11,12,13,14);2-6H,1H3,(H,11,12);6-8H,1-5H2,(H,10,13);3-4H,1-2H2,(H,5,6);1-2H3;1-2H2;3*1-2H/t;;8-;;;;;;/m..0....../s1. The number of ether oxygens (including phenoxy) is 3. The maximum Gasteiger partial charge on any atom is 0.324 e. The number of carbonyl (C=O) groups excluding carboxylic acids is 3. The van der Waals surface area contributed by atoms with Crippen molar-refractivity contribution in [3.8, 4) is 56.3 Å². The van der Waals surface area contributed by atoms with Gasteiger partial charge in [0, 0.05) is 30.2 Å². The minimum absolute atomic E-state index is 0.0344. The number of aromatic nitrogens is 4. The molecule has 4 N–H and O–H groups in total. The van der Waals surface area contributed by atoms with Gasteiger partial charge in [-0.25, -0.2) is 4.21 Å². The molecule has 0 spiro atoms. The van der Waals surface area contributed by atoms with E-state index in [0.29, 0.717) is 29.7 Å². The molecular weight excluding hydrogens is 789 g/mol. The number of hydrogen-bond acceptors (Lipinski definition) is 12. The number of rotatable bonds is 12. The van der Waals surface area contributed by atoms with E-state index in [1.807, 2.05) is 26.0 Å². The van der Waals surface area contributed by atoms with Crippen LogP contribution in [-0.2, 0) is 25.4 Å². The van der Waals surface area contributed by atoms with Gasteiger partial charge in [0.1, 0.15) is 22.8 Å². The third-order valence-electron chi connectivity index (χ3n) is 7.94. The molecule has 3 heterocycles. The van der Waals surface area contributed by atoms with Crippen molar-refractivity contribution in [2.45, 2.75) is 96.5 Å². The minimum atomic E-state index is -1.08. The number of fused-ring (bicyclic) bond motifs is 1. The van der Waals surface area contributed by atoms with E-state index < -0.39 is 11.0 Å². The molecule has 1 aliphatic heterocycles. The van der Waals surface area contributed by atoms with Crippen LogP contribution in [0.3, 0.4) is 0 Å². The molecule has 16 nitrogen and oxygen atoms in total. The maximum atomic E-state index is 11.6. The number of methoxy groups -OCH3 is 3. The molecule has 3 amide bonds. The minimum Gasteiger partial charge on any atom is -0.497 e. The molecule has 3 aromatic rings. The molecule has 6 rings (SSSR count). The predicted molar refractivity (Wildman–Crippen MR) is 242 cm³/mol. The Balaban J connectivity index is -0.000000684. The van der Waals surface area contributed by atoms with Crippen molar-refractivity contribution in [3.63, 3.8) is 0 Å². The van der Waals surface area contributed by atoms with Crippen LogP contribution in [0.1, 0.15) is 73.1 Å². The number of nitrogens with zero attached hydrogens (tertiary/aromatic N) is 4. The fourth-order valence-corrected chi connectivity index (χ4v) is 5.25. The molecular formula is C43H64N8O8S. The lowest BCUT2D eigenvalue weighted by atomic mass is 10.1. The predicted octanol–water partition coefficient (Wildman–Crippen LogP) is 4.90. The number of pyridine rings is 1. The number of hydrogen-bond donors (Lipinski definition) is 4. The number of carbonyl (C=O) groups is 3. The Hall–Kier alpha value is -6.38. The van der Waals surface area contributed by atoms with Crippen LogP contribution in [0.5, 0.6) is 17.8 Å². The summed E-state index contributed by atoms with van der Waals surface area (Å²) in [6, 6.07) is 8.15. The second kappa shape index (κ2) is 35.8. The van der Waals surface area contributed by atoms with Crippen molar-refractivity contribution in [1.29, 1.82) is 0 Å². The second-order valence-corrected chi connectivity index (χ2v) is 13.6. The van der Waals surface area contributed by atoms with Crippen molar-refractivity contribution in [2.75, 3.05) is 33.2 Å². The lowest BCUT2D eigenvalue weighted by molar-refractivity contribution is -0.131. The molecule has 2 aromatic heterocycles. The van der Waals surface area contributed by atoms with E-state index in [2.05, 4.69) is 108 Å². The molecule has 3 atom stereocenters. The van der Waals surface area contributed by atoms with Crippen LogP contribution < -0.4 is 35.1 Å². The lowest BCUT2D eigenvalue weighted by Gasteiger charge is -2.18. The van der Waals surface area contributed by atoms with Gasteiger partial charge in [-0.1, -0.05) is 27.7 Å². The Labute approximate surface area is 359 Å². The molecule has 3 fully saturated rings. The highest BCUT2D eigenvalue weighted by molar-refractivity contribution is 7.84. The van der Waals surface area contributed by atoms with Crippen molar-refractivity contribution < 1.29 is 32.8 Å². The van der Waals surface area contributed by atoms with Crippen LogP contribution >= 0.6 is 0 Å². The molecule has 0 radical (unpaired) electrons.